The third-order valence-electron chi connectivity index (χ3n) is 2.61. The van der Waals surface area contributed by atoms with Gasteiger partial charge in [0.25, 0.3) is 0 Å². The van der Waals surface area contributed by atoms with Gasteiger partial charge in [-0.25, -0.2) is 0 Å². The second-order valence-electron chi connectivity index (χ2n) is 3.97. The first-order valence-corrected chi connectivity index (χ1v) is 6.85. The van der Waals surface area contributed by atoms with Crippen LogP contribution in [0.4, 0.5) is 0 Å². The highest BCUT2D eigenvalue weighted by Gasteiger charge is 2.45. The van der Waals surface area contributed by atoms with Gasteiger partial charge in [0, 0.05) is 0 Å². The Labute approximate surface area is 126 Å². The number of nitrogens with two attached hydrogens (primary N) is 1. The molecule has 0 aliphatic carbocycles. The Morgan fingerprint density at radius 3 is 2.52 bits per heavy atom. The van der Waals surface area contributed by atoms with Gasteiger partial charge in [-0.05, 0) is 13.8 Å². The van der Waals surface area contributed by atoms with E-state index in [1.807, 2.05) is 6.07 Å². The maximum atomic E-state index is 11.4. The molecule has 0 saturated heterocycles. The van der Waals surface area contributed by atoms with Crippen LogP contribution in [0.15, 0.2) is 22.6 Å². The fourth-order valence-corrected chi connectivity index (χ4v) is 2.74. The molecule has 0 bridgehead atoms. The van der Waals surface area contributed by atoms with Crippen LogP contribution in [-0.4, -0.2) is 23.3 Å². The molecule has 1 rings (SSSR count). The van der Waals surface area contributed by atoms with E-state index in [1.165, 1.54) is 6.92 Å². The van der Waals surface area contributed by atoms with Gasteiger partial charge in [-0.15, -0.1) is 0 Å². The lowest BCUT2D eigenvalue weighted by molar-refractivity contribution is -0.139. The van der Waals surface area contributed by atoms with Crippen molar-refractivity contribution < 1.29 is 14.3 Å². The van der Waals surface area contributed by atoms with Crippen molar-refractivity contribution in [2.75, 3.05) is 12.4 Å². The van der Waals surface area contributed by atoms with E-state index in [-0.39, 0.29) is 35.0 Å². The number of nitrogens with zero attached hydrogens (tertiary/aromatic N) is 3. The van der Waals surface area contributed by atoms with Crippen LogP contribution < -0.4 is 5.73 Å². The monoisotopic (exact) mass is 304 g/mol. The molecule has 1 heterocycles. The highest BCUT2D eigenvalue weighted by atomic mass is 32.2. The molecule has 8 heteroatoms. The molecule has 108 valence electrons. The second-order valence-corrected chi connectivity index (χ2v) is 5.32. The number of rotatable bonds is 4. The summed E-state index contributed by atoms with van der Waals surface area (Å²) in [5.74, 6) is -0.704. The van der Waals surface area contributed by atoms with E-state index in [0.717, 1.165) is 11.8 Å². The molecule has 0 aromatic heterocycles. The lowest BCUT2D eigenvalue weighted by Crippen LogP contribution is -2.26. The smallest absolute Gasteiger partial charge is 0.316 e. The predicted octanol–water partition coefficient (Wildman–Crippen LogP) is 1.07. The minimum absolute atomic E-state index is 0.0630. The van der Waals surface area contributed by atoms with Gasteiger partial charge in [0.15, 0.2) is 4.93 Å². The molecule has 0 aromatic rings. The van der Waals surface area contributed by atoms with Crippen molar-refractivity contribution >= 4 is 17.7 Å². The Hall–Kier alpha value is -2.63. The Morgan fingerprint density at radius 2 is 2.05 bits per heavy atom. The molecule has 7 nitrogen and oxygen atoms in total. The quantitative estimate of drug-likeness (QED) is 0.602. The van der Waals surface area contributed by atoms with Gasteiger partial charge in [0.2, 0.25) is 5.88 Å². The first-order chi connectivity index (χ1) is 9.93. The van der Waals surface area contributed by atoms with E-state index in [2.05, 4.69) is 0 Å². The fourth-order valence-electron chi connectivity index (χ4n) is 1.76. The summed E-state index contributed by atoms with van der Waals surface area (Å²) in [6.07, 6.45) is 0. The molecule has 1 atom stereocenters. The largest absolute Gasteiger partial charge is 0.465 e. The lowest BCUT2D eigenvalue weighted by atomic mass is 9.99. The first-order valence-electron chi connectivity index (χ1n) is 5.87. The molecular formula is C13H12N4O3S. The first kappa shape index (κ1) is 16.4. The molecule has 0 radical (unpaired) electrons. The third kappa shape index (κ3) is 3.28. The number of carbonyl (C=O) groups excluding carboxylic acids is 1. The van der Waals surface area contributed by atoms with Crippen molar-refractivity contribution in [3.8, 4) is 18.2 Å². The third-order valence-corrected chi connectivity index (χ3v) is 3.83. The summed E-state index contributed by atoms with van der Waals surface area (Å²) < 4.78 is 10.2. The molecule has 21 heavy (non-hydrogen) atoms. The second kappa shape index (κ2) is 6.69. The summed E-state index contributed by atoms with van der Waals surface area (Å²) >= 11 is 0.995. The van der Waals surface area contributed by atoms with Crippen molar-refractivity contribution in [2.24, 2.45) is 5.73 Å². The van der Waals surface area contributed by atoms with Crippen molar-refractivity contribution in [1.29, 1.82) is 15.8 Å². The molecule has 0 saturated carbocycles. The zero-order valence-electron chi connectivity index (χ0n) is 11.5. The van der Waals surface area contributed by atoms with E-state index >= 15 is 0 Å². The predicted molar refractivity (Wildman–Crippen MR) is 73.7 cm³/mol. The van der Waals surface area contributed by atoms with Gasteiger partial charge >= 0.3 is 5.97 Å². The summed E-state index contributed by atoms with van der Waals surface area (Å²) in [6, 6.07) is 5.25. The number of esters is 1. The number of carbonyl (C=O) groups is 1. The van der Waals surface area contributed by atoms with E-state index in [0.29, 0.717) is 0 Å². The molecule has 0 spiro atoms. The molecule has 1 aliphatic rings. The van der Waals surface area contributed by atoms with Gasteiger partial charge in [0.05, 0.1) is 17.9 Å². The SMILES string of the molecule is CCOC(=O)CSC1(C)OC(N)=C(C#N)C1=C(C#N)C#N. The molecule has 2 N–H and O–H groups in total. The van der Waals surface area contributed by atoms with Crippen LogP contribution >= 0.6 is 11.8 Å². The van der Waals surface area contributed by atoms with Crippen molar-refractivity contribution in [3.05, 3.63) is 22.6 Å². The van der Waals surface area contributed by atoms with E-state index in [1.54, 1.807) is 19.1 Å². The number of allylic oxidation sites excluding steroid dienone is 1. The maximum Gasteiger partial charge on any atom is 0.316 e. The van der Waals surface area contributed by atoms with Gasteiger partial charge in [-0.1, -0.05) is 11.8 Å². The lowest BCUT2D eigenvalue weighted by Gasteiger charge is -2.25. The van der Waals surface area contributed by atoms with Crippen LogP contribution in [0.25, 0.3) is 0 Å². The molecule has 1 aliphatic heterocycles. The van der Waals surface area contributed by atoms with Crippen LogP contribution in [0.2, 0.25) is 0 Å². The van der Waals surface area contributed by atoms with E-state index in [4.69, 9.17) is 31.0 Å². The Balaban J connectivity index is 3.17. The number of ether oxygens (including phenoxy) is 2. The molecule has 0 fully saturated rings. The zero-order valence-corrected chi connectivity index (χ0v) is 12.3. The summed E-state index contributed by atoms with van der Waals surface area (Å²) in [5.41, 5.74) is 5.37. The van der Waals surface area contributed by atoms with Crippen molar-refractivity contribution in [3.63, 3.8) is 0 Å². The van der Waals surface area contributed by atoms with Gasteiger partial charge < -0.3 is 15.2 Å². The minimum Gasteiger partial charge on any atom is -0.465 e. The maximum absolute atomic E-state index is 11.4. The number of nitriles is 3. The van der Waals surface area contributed by atoms with Crippen LogP contribution in [0.3, 0.4) is 0 Å². The zero-order chi connectivity index (χ0) is 16.0. The summed E-state index contributed by atoms with van der Waals surface area (Å²) in [7, 11) is 0. The van der Waals surface area contributed by atoms with E-state index in [9.17, 15) is 4.79 Å². The summed E-state index contributed by atoms with van der Waals surface area (Å²) in [4.78, 5) is 10.2. The molecule has 0 aromatic carbocycles. The minimum atomic E-state index is -1.26. The number of hydrogen-bond acceptors (Lipinski definition) is 8. The van der Waals surface area contributed by atoms with Gasteiger partial charge in [-0.2, -0.15) is 15.8 Å². The molecule has 0 amide bonds. The van der Waals surface area contributed by atoms with Crippen LogP contribution in [0, 0.1) is 34.0 Å². The number of thioether (sulfide) groups is 1. The molecular weight excluding hydrogens is 292 g/mol. The standard InChI is InChI=1S/C13H12N4O3S/c1-3-19-10(18)7-21-13(2)11(8(4-14)5-15)9(6-16)12(17)20-13/h3,7,17H2,1-2H3. The van der Waals surface area contributed by atoms with Crippen molar-refractivity contribution in [1.82, 2.24) is 0 Å². The highest BCUT2D eigenvalue weighted by Crippen LogP contribution is 2.46. The van der Waals surface area contributed by atoms with Crippen LogP contribution in [0.5, 0.6) is 0 Å². The number of hydrogen-bond donors (Lipinski definition) is 1. The Bertz CT molecular complexity index is 632. The Morgan fingerprint density at radius 1 is 1.43 bits per heavy atom. The van der Waals surface area contributed by atoms with Gasteiger partial charge in [0.1, 0.15) is 29.4 Å². The summed E-state index contributed by atoms with van der Waals surface area (Å²) in [5, 5.41) is 27.2. The Kier molecular flexibility index (Phi) is 5.24. The summed E-state index contributed by atoms with van der Waals surface area (Å²) in [6.45, 7) is 3.46. The average molecular weight is 304 g/mol. The van der Waals surface area contributed by atoms with Crippen LogP contribution in [0.1, 0.15) is 13.8 Å². The van der Waals surface area contributed by atoms with Gasteiger partial charge in [-0.3, -0.25) is 4.79 Å². The molecule has 1 unspecified atom stereocenters. The van der Waals surface area contributed by atoms with Crippen LogP contribution in [-0.2, 0) is 14.3 Å². The normalized spacial score (nSPS) is 20.0. The average Bonchev–Trinajstić information content (AvgIpc) is 2.70. The fraction of sp³-hybridized carbons (Fsp3) is 0.385. The van der Waals surface area contributed by atoms with E-state index < -0.39 is 10.9 Å². The topological polar surface area (TPSA) is 133 Å². The van der Waals surface area contributed by atoms with Crippen molar-refractivity contribution in [2.45, 2.75) is 18.8 Å². The highest BCUT2D eigenvalue weighted by molar-refractivity contribution is 8.01.